The van der Waals surface area contributed by atoms with Gasteiger partial charge >= 0.3 is 0 Å². The number of rotatable bonds is 6. The molecular formula is C17H22Cl2N2OS. The number of halogens is 2. The molecule has 23 heavy (non-hydrogen) atoms. The van der Waals surface area contributed by atoms with Gasteiger partial charge in [0.15, 0.2) is 0 Å². The number of aliphatic hydroxyl groups excluding tert-OH is 1. The standard InChI is InChI=1S/C17H22Cl2N2OS/c1-10(2)16-17(21(11(3)4)15(20-16)5-6-22)23-14-8-12(18)7-13(19)9-14/h7-11,22H,5-6H2,1-4H3. The number of imidazole rings is 1. The molecule has 2 aromatic rings. The van der Waals surface area contributed by atoms with Crippen LogP contribution in [-0.4, -0.2) is 21.3 Å². The summed E-state index contributed by atoms with van der Waals surface area (Å²) in [6.45, 7) is 8.60. The van der Waals surface area contributed by atoms with Crippen LogP contribution in [0.1, 0.15) is 51.2 Å². The van der Waals surface area contributed by atoms with Gasteiger partial charge < -0.3 is 9.67 Å². The summed E-state index contributed by atoms with van der Waals surface area (Å²) in [5.74, 6) is 1.21. The summed E-state index contributed by atoms with van der Waals surface area (Å²) in [7, 11) is 0. The molecule has 1 N–H and O–H groups in total. The summed E-state index contributed by atoms with van der Waals surface area (Å²) in [5, 5.41) is 11.7. The highest BCUT2D eigenvalue weighted by molar-refractivity contribution is 7.99. The van der Waals surface area contributed by atoms with E-state index in [1.807, 2.05) is 12.1 Å². The number of hydrogen-bond donors (Lipinski definition) is 1. The lowest BCUT2D eigenvalue weighted by molar-refractivity contribution is 0.293. The molecule has 0 spiro atoms. The first kappa shape index (κ1) is 18.7. The molecule has 0 amide bonds. The average molecular weight is 373 g/mol. The topological polar surface area (TPSA) is 38.1 Å². The van der Waals surface area contributed by atoms with Crippen LogP contribution in [0.15, 0.2) is 28.1 Å². The van der Waals surface area contributed by atoms with E-state index in [1.165, 1.54) is 0 Å². The Labute approximate surface area is 152 Å². The van der Waals surface area contributed by atoms with Crippen LogP contribution in [0.2, 0.25) is 10.0 Å². The quantitative estimate of drug-likeness (QED) is 0.718. The molecule has 0 unspecified atom stereocenters. The van der Waals surface area contributed by atoms with Crippen molar-refractivity contribution in [2.75, 3.05) is 6.61 Å². The highest BCUT2D eigenvalue weighted by Gasteiger charge is 2.22. The van der Waals surface area contributed by atoms with Crippen molar-refractivity contribution in [3.05, 3.63) is 39.8 Å². The summed E-state index contributed by atoms with van der Waals surface area (Å²) in [6.07, 6.45) is 0.550. The third-order valence-electron chi connectivity index (χ3n) is 3.41. The van der Waals surface area contributed by atoms with Crippen molar-refractivity contribution in [3.63, 3.8) is 0 Å². The molecular weight excluding hydrogens is 351 g/mol. The minimum atomic E-state index is 0.0916. The largest absolute Gasteiger partial charge is 0.396 e. The molecule has 0 aliphatic heterocycles. The van der Waals surface area contributed by atoms with Crippen LogP contribution in [0, 0.1) is 0 Å². The second kappa shape index (κ2) is 7.93. The minimum Gasteiger partial charge on any atom is -0.396 e. The summed E-state index contributed by atoms with van der Waals surface area (Å²) in [5.41, 5.74) is 1.04. The van der Waals surface area contributed by atoms with Gasteiger partial charge in [0, 0.05) is 27.4 Å². The van der Waals surface area contributed by atoms with Crippen LogP contribution in [0.3, 0.4) is 0 Å². The maximum atomic E-state index is 9.33. The molecule has 1 heterocycles. The highest BCUT2D eigenvalue weighted by atomic mass is 35.5. The lowest BCUT2D eigenvalue weighted by atomic mass is 10.1. The van der Waals surface area contributed by atoms with E-state index >= 15 is 0 Å². The second-order valence-corrected chi connectivity index (χ2v) is 7.95. The maximum Gasteiger partial charge on any atom is 0.112 e. The first-order valence-corrected chi connectivity index (χ1v) is 9.26. The van der Waals surface area contributed by atoms with Gasteiger partial charge in [0.1, 0.15) is 10.9 Å². The van der Waals surface area contributed by atoms with E-state index < -0.39 is 0 Å². The van der Waals surface area contributed by atoms with Crippen molar-refractivity contribution in [2.45, 2.75) is 56.0 Å². The summed E-state index contributed by atoms with van der Waals surface area (Å²) < 4.78 is 2.20. The lowest BCUT2D eigenvalue weighted by Gasteiger charge is -2.16. The van der Waals surface area contributed by atoms with Crippen LogP contribution in [-0.2, 0) is 6.42 Å². The molecule has 1 aromatic carbocycles. The van der Waals surface area contributed by atoms with Crippen molar-refractivity contribution in [1.82, 2.24) is 9.55 Å². The highest BCUT2D eigenvalue weighted by Crippen LogP contribution is 2.38. The zero-order chi connectivity index (χ0) is 17.1. The van der Waals surface area contributed by atoms with Gasteiger partial charge in [0.2, 0.25) is 0 Å². The van der Waals surface area contributed by atoms with Crippen LogP contribution >= 0.6 is 35.0 Å². The Kier molecular flexibility index (Phi) is 6.43. The minimum absolute atomic E-state index is 0.0916. The van der Waals surface area contributed by atoms with E-state index in [2.05, 4.69) is 32.3 Å². The van der Waals surface area contributed by atoms with Gasteiger partial charge in [-0.2, -0.15) is 0 Å². The maximum absolute atomic E-state index is 9.33. The van der Waals surface area contributed by atoms with E-state index in [-0.39, 0.29) is 12.6 Å². The van der Waals surface area contributed by atoms with Gasteiger partial charge in [0.05, 0.1) is 12.3 Å². The molecule has 0 aliphatic rings. The van der Waals surface area contributed by atoms with Crippen LogP contribution in [0.4, 0.5) is 0 Å². The summed E-state index contributed by atoms with van der Waals surface area (Å²) >= 11 is 13.9. The van der Waals surface area contributed by atoms with E-state index in [0.717, 1.165) is 21.4 Å². The van der Waals surface area contributed by atoms with Crippen molar-refractivity contribution in [2.24, 2.45) is 0 Å². The molecule has 0 aliphatic carbocycles. The van der Waals surface area contributed by atoms with Crippen LogP contribution in [0.5, 0.6) is 0 Å². The molecule has 0 fully saturated rings. The van der Waals surface area contributed by atoms with E-state index in [9.17, 15) is 5.11 Å². The zero-order valence-corrected chi connectivity index (χ0v) is 16.1. The Morgan fingerprint density at radius 3 is 2.22 bits per heavy atom. The molecule has 0 bridgehead atoms. The first-order chi connectivity index (χ1) is 10.8. The normalized spacial score (nSPS) is 11.7. The van der Waals surface area contributed by atoms with Gasteiger partial charge in [-0.05, 0) is 38.0 Å². The molecule has 0 saturated carbocycles. The number of hydrogen-bond acceptors (Lipinski definition) is 3. The van der Waals surface area contributed by atoms with Crippen molar-refractivity contribution >= 4 is 35.0 Å². The fourth-order valence-electron chi connectivity index (χ4n) is 2.47. The number of benzene rings is 1. The third kappa shape index (κ3) is 4.44. The Morgan fingerprint density at radius 1 is 1.13 bits per heavy atom. The van der Waals surface area contributed by atoms with Gasteiger partial charge in [-0.15, -0.1) is 0 Å². The van der Waals surface area contributed by atoms with Crippen molar-refractivity contribution in [3.8, 4) is 0 Å². The smallest absolute Gasteiger partial charge is 0.112 e. The van der Waals surface area contributed by atoms with E-state index in [1.54, 1.807) is 17.8 Å². The number of nitrogens with zero attached hydrogens (tertiary/aromatic N) is 2. The average Bonchev–Trinajstić information content (AvgIpc) is 2.76. The Hall–Kier alpha value is -0.680. The van der Waals surface area contributed by atoms with Crippen molar-refractivity contribution in [1.29, 1.82) is 0 Å². The second-order valence-electron chi connectivity index (χ2n) is 6.02. The molecule has 126 valence electrons. The Bertz CT molecular complexity index is 663. The van der Waals surface area contributed by atoms with Crippen LogP contribution < -0.4 is 0 Å². The Morgan fingerprint density at radius 2 is 1.74 bits per heavy atom. The van der Waals surface area contributed by atoms with Gasteiger partial charge in [-0.25, -0.2) is 4.98 Å². The molecule has 2 rings (SSSR count). The lowest BCUT2D eigenvalue weighted by Crippen LogP contribution is -2.09. The predicted molar refractivity (Wildman–Crippen MR) is 98.1 cm³/mol. The fraction of sp³-hybridized carbons (Fsp3) is 0.471. The fourth-order valence-corrected chi connectivity index (χ4v) is 4.52. The molecule has 6 heteroatoms. The SMILES string of the molecule is CC(C)c1nc(CCO)n(C(C)C)c1Sc1cc(Cl)cc(Cl)c1. The molecule has 1 aromatic heterocycles. The summed E-state index contributed by atoms with van der Waals surface area (Å²) in [4.78, 5) is 5.77. The summed E-state index contributed by atoms with van der Waals surface area (Å²) in [6, 6.07) is 5.80. The third-order valence-corrected chi connectivity index (χ3v) is 4.92. The van der Waals surface area contributed by atoms with Gasteiger partial charge in [-0.3, -0.25) is 0 Å². The monoisotopic (exact) mass is 372 g/mol. The van der Waals surface area contributed by atoms with E-state index in [4.69, 9.17) is 28.2 Å². The molecule has 0 saturated heterocycles. The molecule has 3 nitrogen and oxygen atoms in total. The van der Waals surface area contributed by atoms with Crippen LogP contribution in [0.25, 0.3) is 0 Å². The van der Waals surface area contributed by atoms with Gasteiger partial charge in [0.25, 0.3) is 0 Å². The Balaban J connectivity index is 2.53. The number of aliphatic hydroxyl groups is 1. The zero-order valence-electron chi connectivity index (χ0n) is 13.8. The molecule has 0 atom stereocenters. The first-order valence-electron chi connectivity index (χ1n) is 7.69. The molecule has 0 radical (unpaired) electrons. The van der Waals surface area contributed by atoms with Crippen molar-refractivity contribution < 1.29 is 5.11 Å². The van der Waals surface area contributed by atoms with E-state index in [0.29, 0.717) is 22.4 Å². The van der Waals surface area contributed by atoms with Gasteiger partial charge in [-0.1, -0.05) is 48.8 Å². The predicted octanol–water partition coefficient (Wildman–Crippen LogP) is 5.58. The number of aromatic nitrogens is 2.